The van der Waals surface area contributed by atoms with Crippen LogP contribution in [-0.4, -0.2) is 15.3 Å². The normalized spacial score (nSPS) is 23.4. The zero-order valence-corrected chi connectivity index (χ0v) is 10.6. The van der Waals surface area contributed by atoms with Gasteiger partial charge in [0.05, 0.1) is 16.9 Å². The summed E-state index contributed by atoms with van der Waals surface area (Å²) in [4.78, 5) is 4.66. The van der Waals surface area contributed by atoms with E-state index < -0.39 is 0 Å². The second-order valence-corrected chi connectivity index (χ2v) is 6.11. The van der Waals surface area contributed by atoms with Crippen molar-refractivity contribution in [1.82, 2.24) is 9.55 Å². The Hall–Kier alpha value is -0.480. The Bertz CT molecular complexity index is 405. The van der Waals surface area contributed by atoms with Crippen molar-refractivity contribution in [3.05, 3.63) is 11.4 Å². The molecule has 0 bridgehead atoms. The van der Waals surface area contributed by atoms with Gasteiger partial charge in [-0.1, -0.05) is 31.0 Å². The molecule has 0 spiro atoms. The van der Waals surface area contributed by atoms with Crippen LogP contribution in [0.4, 0.5) is 0 Å². The monoisotopic (exact) mass is 237 g/mol. The number of imidazole rings is 1. The first kappa shape index (κ1) is 10.7. The second kappa shape index (κ2) is 3.77. The number of rotatable bonds is 1. The molecule has 2 heterocycles. The van der Waals surface area contributed by atoms with E-state index in [1.165, 1.54) is 30.1 Å². The maximum Gasteiger partial charge on any atom is 0.168 e. The molecule has 3 nitrogen and oxygen atoms in total. The highest BCUT2D eigenvalue weighted by molar-refractivity contribution is 7.99. The van der Waals surface area contributed by atoms with Gasteiger partial charge in [0.15, 0.2) is 5.16 Å². The van der Waals surface area contributed by atoms with Crippen LogP contribution >= 0.6 is 11.8 Å². The quantitative estimate of drug-likeness (QED) is 0.815. The molecule has 0 radical (unpaired) electrons. The van der Waals surface area contributed by atoms with E-state index in [-0.39, 0.29) is 5.54 Å². The Morgan fingerprint density at radius 3 is 2.81 bits per heavy atom. The fourth-order valence-electron chi connectivity index (χ4n) is 3.14. The van der Waals surface area contributed by atoms with Crippen LogP contribution in [0.1, 0.15) is 43.5 Å². The summed E-state index contributed by atoms with van der Waals surface area (Å²) in [5.41, 5.74) is 9.01. The minimum Gasteiger partial charge on any atom is -0.320 e. The molecule has 1 aromatic rings. The van der Waals surface area contributed by atoms with Crippen molar-refractivity contribution >= 4 is 11.8 Å². The van der Waals surface area contributed by atoms with Crippen molar-refractivity contribution in [2.45, 2.75) is 56.3 Å². The minimum atomic E-state index is -0.0987. The highest BCUT2D eigenvalue weighted by Gasteiger charge is 2.36. The molecule has 1 aromatic heterocycles. The number of thioether (sulfide) groups is 1. The molecule has 3 rings (SSSR count). The summed E-state index contributed by atoms with van der Waals surface area (Å²) >= 11 is 1.86. The molecule has 16 heavy (non-hydrogen) atoms. The van der Waals surface area contributed by atoms with E-state index in [9.17, 15) is 0 Å². The maximum absolute atomic E-state index is 6.63. The Morgan fingerprint density at radius 1 is 1.31 bits per heavy atom. The standard InChI is InChI=1S/C12H19N3S/c1-9-10(12(13)5-3-2-4-6-12)15-7-8-16-11(15)14-9/h2-8,13H2,1H3. The van der Waals surface area contributed by atoms with Crippen molar-refractivity contribution in [3.63, 3.8) is 0 Å². The second-order valence-electron chi connectivity index (χ2n) is 5.05. The molecule has 0 amide bonds. The number of hydrogen-bond acceptors (Lipinski definition) is 3. The topological polar surface area (TPSA) is 43.8 Å². The van der Waals surface area contributed by atoms with E-state index in [2.05, 4.69) is 16.5 Å². The van der Waals surface area contributed by atoms with Crippen molar-refractivity contribution in [2.75, 3.05) is 5.75 Å². The summed E-state index contributed by atoms with van der Waals surface area (Å²) in [6.07, 6.45) is 6.13. The van der Waals surface area contributed by atoms with Crippen LogP contribution in [-0.2, 0) is 12.1 Å². The van der Waals surface area contributed by atoms with E-state index in [1.54, 1.807) is 0 Å². The van der Waals surface area contributed by atoms with E-state index in [4.69, 9.17) is 5.73 Å². The summed E-state index contributed by atoms with van der Waals surface area (Å²) in [6.45, 7) is 3.21. The van der Waals surface area contributed by atoms with Crippen molar-refractivity contribution in [3.8, 4) is 0 Å². The van der Waals surface area contributed by atoms with Gasteiger partial charge in [0, 0.05) is 12.3 Å². The smallest absolute Gasteiger partial charge is 0.168 e. The van der Waals surface area contributed by atoms with Crippen LogP contribution < -0.4 is 5.73 Å². The van der Waals surface area contributed by atoms with Crippen LogP contribution in [0, 0.1) is 6.92 Å². The Balaban J connectivity index is 2.04. The molecular weight excluding hydrogens is 218 g/mol. The van der Waals surface area contributed by atoms with Gasteiger partial charge in [-0.25, -0.2) is 4.98 Å². The fourth-order valence-corrected chi connectivity index (χ4v) is 4.14. The number of aryl methyl sites for hydroxylation is 1. The van der Waals surface area contributed by atoms with Gasteiger partial charge in [-0.3, -0.25) is 0 Å². The fraction of sp³-hybridized carbons (Fsp3) is 0.750. The van der Waals surface area contributed by atoms with Crippen molar-refractivity contribution < 1.29 is 0 Å². The molecule has 1 saturated carbocycles. The van der Waals surface area contributed by atoms with Crippen LogP contribution in [0.25, 0.3) is 0 Å². The van der Waals surface area contributed by atoms with Crippen LogP contribution in [0.3, 0.4) is 0 Å². The molecule has 0 aromatic carbocycles. The SMILES string of the molecule is Cc1nc2n(c1C1(N)CCCCC1)CCS2. The zero-order valence-electron chi connectivity index (χ0n) is 9.83. The number of nitrogens with two attached hydrogens (primary N) is 1. The molecular formula is C12H19N3S. The van der Waals surface area contributed by atoms with E-state index >= 15 is 0 Å². The molecule has 0 unspecified atom stereocenters. The third-order valence-electron chi connectivity index (χ3n) is 3.87. The predicted molar refractivity (Wildman–Crippen MR) is 66.6 cm³/mol. The van der Waals surface area contributed by atoms with Crippen molar-refractivity contribution in [1.29, 1.82) is 0 Å². The van der Waals surface area contributed by atoms with Crippen molar-refractivity contribution in [2.24, 2.45) is 5.73 Å². The first-order chi connectivity index (χ1) is 7.71. The highest BCUT2D eigenvalue weighted by Crippen LogP contribution is 2.39. The van der Waals surface area contributed by atoms with E-state index in [0.717, 1.165) is 30.8 Å². The number of hydrogen-bond donors (Lipinski definition) is 1. The van der Waals surface area contributed by atoms with Gasteiger partial charge in [-0.2, -0.15) is 0 Å². The molecule has 2 aliphatic rings. The third kappa shape index (κ3) is 1.51. The molecule has 4 heteroatoms. The molecule has 0 atom stereocenters. The van der Waals surface area contributed by atoms with Crippen LogP contribution in [0.15, 0.2) is 5.16 Å². The first-order valence-corrected chi connectivity index (χ1v) is 7.18. The van der Waals surface area contributed by atoms with Gasteiger partial charge in [-0.05, 0) is 19.8 Å². The van der Waals surface area contributed by atoms with Gasteiger partial charge >= 0.3 is 0 Å². The van der Waals surface area contributed by atoms with Gasteiger partial charge in [0.1, 0.15) is 0 Å². The Kier molecular flexibility index (Phi) is 2.51. The molecule has 88 valence electrons. The molecule has 0 saturated heterocycles. The predicted octanol–water partition coefficient (Wildman–Crippen LogP) is 2.42. The molecule has 2 N–H and O–H groups in total. The lowest BCUT2D eigenvalue weighted by molar-refractivity contribution is 0.284. The average Bonchev–Trinajstić information content (AvgIpc) is 2.77. The summed E-state index contributed by atoms with van der Waals surface area (Å²) < 4.78 is 2.37. The number of fused-ring (bicyclic) bond motifs is 1. The van der Waals surface area contributed by atoms with Gasteiger partial charge in [0.25, 0.3) is 0 Å². The zero-order chi connectivity index (χ0) is 11.2. The molecule has 1 aliphatic carbocycles. The highest BCUT2D eigenvalue weighted by atomic mass is 32.2. The maximum atomic E-state index is 6.63. The number of nitrogens with zero attached hydrogens (tertiary/aromatic N) is 2. The van der Waals surface area contributed by atoms with Gasteiger partial charge in [-0.15, -0.1) is 0 Å². The minimum absolute atomic E-state index is 0.0987. The molecule has 1 fully saturated rings. The lowest BCUT2D eigenvalue weighted by atomic mass is 9.79. The molecule has 1 aliphatic heterocycles. The summed E-state index contributed by atoms with van der Waals surface area (Å²) in [5, 5.41) is 1.18. The average molecular weight is 237 g/mol. The third-order valence-corrected chi connectivity index (χ3v) is 4.83. The lowest BCUT2D eigenvalue weighted by Crippen LogP contribution is -2.41. The van der Waals surface area contributed by atoms with Crippen LogP contribution in [0.5, 0.6) is 0 Å². The number of aromatic nitrogens is 2. The Labute approximate surface area is 101 Å². The van der Waals surface area contributed by atoms with E-state index in [0.29, 0.717) is 0 Å². The van der Waals surface area contributed by atoms with Gasteiger partial charge < -0.3 is 10.3 Å². The van der Waals surface area contributed by atoms with E-state index in [1.807, 2.05) is 11.8 Å². The largest absolute Gasteiger partial charge is 0.320 e. The van der Waals surface area contributed by atoms with Gasteiger partial charge in [0.2, 0.25) is 0 Å². The van der Waals surface area contributed by atoms with Crippen LogP contribution in [0.2, 0.25) is 0 Å². The lowest BCUT2D eigenvalue weighted by Gasteiger charge is -2.34. The summed E-state index contributed by atoms with van der Waals surface area (Å²) in [6, 6.07) is 0. The first-order valence-electron chi connectivity index (χ1n) is 6.20. The Morgan fingerprint density at radius 2 is 2.06 bits per heavy atom. The summed E-state index contributed by atoms with van der Waals surface area (Å²) in [5.74, 6) is 1.16. The summed E-state index contributed by atoms with van der Waals surface area (Å²) in [7, 11) is 0.